The molecule has 3 heterocycles. The van der Waals surface area contributed by atoms with E-state index in [4.69, 9.17) is 10.2 Å². The lowest BCUT2D eigenvalue weighted by molar-refractivity contribution is 0.226. The molecule has 0 aliphatic carbocycles. The van der Waals surface area contributed by atoms with Gasteiger partial charge in [-0.1, -0.05) is 0 Å². The minimum atomic E-state index is 0.451. The van der Waals surface area contributed by atoms with Gasteiger partial charge in [0.25, 0.3) is 6.01 Å². The number of hydrogen-bond donors (Lipinski definition) is 1. The molecule has 0 aromatic carbocycles. The van der Waals surface area contributed by atoms with E-state index < -0.39 is 0 Å². The molecule has 5 heteroatoms. The van der Waals surface area contributed by atoms with Crippen LogP contribution >= 0.6 is 0 Å². The zero-order valence-electron chi connectivity index (χ0n) is 9.43. The molecule has 1 atom stereocenters. The van der Waals surface area contributed by atoms with E-state index in [0.717, 1.165) is 31.3 Å². The SMILES string of the molecule is NCc1coc(N2CCN3CCCC3C2)n1. The van der Waals surface area contributed by atoms with Gasteiger partial charge in [-0.05, 0) is 19.4 Å². The van der Waals surface area contributed by atoms with Crippen molar-refractivity contribution in [2.24, 2.45) is 5.73 Å². The zero-order valence-corrected chi connectivity index (χ0v) is 9.43. The van der Waals surface area contributed by atoms with E-state index in [2.05, 4.69) is 14.8 Å². The Bertz CT molecular complexity index is 365. The lowest BCUT2D eigenvalue weighted by Gasteiger charge is -2.36. The lowest BCUT2D eigenvalue weighted by Crippen LogP contribution is -2.50. The minimum absolute atomic E-state index is 0.451. The maximum Gasteiger partial charge on any atom is 0.297 e. The summed E-state index contributed by atoms with van der Waals surface area (Å²) in [6.45, 7) is 4.90. The van der Waals surface area contributed by atoms with Gasteiger partial charge >= 0.3 is 0 Å². The standard InChI is InChI=1S/C11H18N4O/c12-6-9-8-16-11(13-9)15-5-4-14-3-1-2-10(14)7-15/h8,10H,1-7,12H2. The minimum Gasteiger partial charge on any atom is -0.432 e. The monoisotopic (exact) mass is 222 g/mol. The topological polar surface area (TPSA) is 58.5 Å². The zero-order chi connectivity index (χ0) is 11.0. The molecule has 88 valence electrons. The van der Waals surface area contributed by atoms with E-state index >= 15 is 0 Å². The van der Waals surface area contributed by atoms with E-state index in [1.54, 1.807) is 6.26 Å². The largest absolute Gasteiger partial charge is 0.432 e. The molecule has 2 aliphatic rings. The summed E-state index contributed by atoms with van der Waals surface area (Å²) in [5.74, 6) is 0. The Morgan fingerprint density at radius 2 is 2.38 bits per heavy atom. The van der Waals surface area contributed by atoms with Crippen LogP contribution in [0.2, 0.25) is 0 Å². The van der Waals surface area contributed by atoms with Crippen LogP contribution in [-0.2, 0) is 6.54 Å². The molecule has 0 amide bonds. The molecule has 1 aromatic rings. The Labute approximate surface area is 95.2 Å². The van der Waals surface area contributed by atoms with E-state index in [9.17, 15) is 0 Å². The van der Waals surface area contributed by atoms with Crippen LogP contribution in [-0.4, -0.2) is 42.1 Å². The molecule has 5 nitrogen and oxygen atoms in total. The van der Waals surface area contributed by atoms with Gasteiger partial charge in [0.1, 0.15) is 6.26 Å². The van der Waals surface area contributed by atoms with Crippen molar-refractivity contribution in [3.63, 3.8) is 0 Å². The van der Waals surface area contributed by atoms with Crippen LogP contribution in [0.25, 0.3) is 0 Å². The molecule has 2 N–H and O–H groups in total. The maximum atomic E-state index is 5.53. The maximum absolute atomic E-state index is 5.53. The first kappa shape index (κ1) is 10.1. The molecule has 1 aromatic heterocycles. The third-order valence-electron chi connectivity index (χ3n) is 3.61. The Morgan fingerprint density at radius 1 is 1.44 bits per heavy atom. The summed E-state index contributed by atoms with van der Waals surface area (Å²) >= 11 is 0. The predicted octanol–water partition coefficient (Wildman–Crippen LogP) is 0.418. The summed E-state index contributed by atoms with van der Waals surface area (Å²) in [4.78, 5) is 9.20. The first-order valence-corrected chi connectivity index (χ1v) is 6.00. The third kappa shape index (κ3) is 1.70. The quantitative estimate of drug-likeness (QED) is 0.785. The summed E-state index contributed by atoms with van der Waals surface area (Å²) in [5.41, 5.74) is 6.37. The van der Waals surface area contributed by atoms with Crippen LogP contribution < -0.4 is 10.6 Å². The summed E-state index contributed by atoms with van der Waals surface area (Å²) in [6.07, 6.45) is 4.30. The number of piperazine rings is 1. The average molecular weight is 222 g/mol. The number of nitrogens with zero attached hydrogens (tertiary/aromatic N) is 3. The highest BCUT2D eigenvalue weighted by atomic mass is 16.4. The summed E-state index contributed by atoms with van der Waals surface area (Å²) in [5, 5.41) is 0. The van der Waals surface area contributed by atoms with Gasteiger partial charge in [-0.2, -0.15) is 4.98 Å². The predicted molar refractivity (Wildman–Crippen MR) is 61.2 cm³/mol. The number of anilines is 1. The van der Waals surface area contributed by atoms with Gasteiger partial charge in [-0.15, -0.1) is 0 Å². The number of oxazole rings is 1. The number of aromatic nitrogens is 1. The highest BCUT2D eigenvalue weighted by molar-refractivity contribution is 5.29. The van der Waals surface area contributed by atoms with Gasteiger partial charge in [-0.3, -0.25) is 4.90 Å². The van der Waals surface area contributed by atoms with Gasteiger partial charge < -0.3 is 15.1 Å². The van der Waals surface area contributed by atoms with E-state index in [1.165, 1.54) is 19.4 Å². The second kappa shape index (κ2) is 4.07. The number of rotatable bonds is 2. The summed E-state index contributed by atoms with van der Waals surface area (Å²) in [6, 6.07) is 1.44. The second-order valence-electron chi connectivity index (χ2n) is 4.60. The molecule has 2 saturated heterocycles. The molecule has 0 saturated carbocycles. The lowest BCUT2D eigenvalue weighted by atomic mass is 10.2. The van der Waals surface area contributed by atoms with Gasteiger partial charge in [0.2, 0.25) is 0 Å². The van der Waals surface area contributed by atoms with Gasteiger partial charge in [-0.25, -0.2) is 0 Å². The highest BCUT2D eigenvalue weighted by Gasteiger charge is 2.31. The number of fused-ring (bicyclic) bond motifs is 1. The van der Waals surface area contributed by atoms with Crippen LogP contribution in [0.3, 0.4) is 0 Å². The fraction of sp³-hybridized carbons (Fsp3) is 0.727. The number of hydrogen-bond acceptors (Lipinski definition) is 5. The Morgan fingerprint density at radius 3 is 3.19 bits per heavy atom. The van der Waals surface area contributed by atoms with Crippen LogP contribution in [0.1, 0.15) is 18.5 Å². The first-order chi connectivity index (χ1) is 7.86. The molecule has 3 rings (SSSR count). The second-order valence-corrected chi connectivity index (χ2v) is 4.60. The fourth-order valence-corrected chi connectivity index (χ4v) is 2.70. The van der Waals surface area contributed by atoms with Crippen molar-refractivity contribution in [1.29, 1.82) is 0 Å². The van der Waals surface area contributed by atoms with Crippen molar-refractivity contribution >= 4 is 6.01 Å². The van der Waals surface area contributed by atoms with Gasteiger partial charge in [0.05, 0.1) is 5.69 Å². The smallest absolute Gasteiger partial charge is 0.297 e. The van der Waals surface area contributed by atoms with E-state index in [1.807, 2.05) is 0 Å². The van der Waals surface area contributed by atoms with Crippen molar-refractivity contribution in [3.05, 3.63) is 12.0 Å². The van der Waals surface area contributed by atoms with Gasteiger partial charge in [0, 0.05) is 32.2 Å². The van der Waals surface area contributed by atoms with Crippen molar-refractivity contribution in [3.8, 4) is 0 Å². The first-order valence-electron chi connectivity index (χ1n) is 6.00. The number of nitrogens with two attached hydrogens (primary N) is 1. The van der Waals surface area contributed by atoms with Crippen LogP contribution in [0.5, 0.6) is 0 Å². The molecular formula is C11H18N4O. The molecule has 0 radical (unpaired) electrons. The third-order valence-corrected chi connectivity index (χ3v) is 3.61. The fourth-order valence-electron chi connectivity index (χ4n) is 2.70. The molecule has 2 fully saturated rings. The Kier molecular flexibility index (Phi) is 2.57. The highest BCUT2D eigenvalue weighted by Crippen LogP contribution is 2.24. The Hall–Kier alpha value is -1.07. The van der Waals surface area contributed by atoms with Crippen molar-refractivity contribution in [1.82, 2.24) is 9.88 Å². The van der Waals surface area contributed by atoms with Crippen LogP contribution in [0, 0.1) is 0 Å². The summed E-state index contributed by atoms with van der Waals surface area (Å²) in [7, 11) is 0. The Balaban J connectivity index is 1.71. The van der Waals surface area contributed by atoms with Crippen LogP contribution in [0.15, 0.2) is 10.7 Å². The van der Waals surface area contributed by atoms with E-state index in [0.29, 0.717) is 12.6 Å². The summed E-state index contributed by atoms with van der Waals surface area (Å²) < 4.78 is 5.46. The molecule has 1 unspecified atom stereocenters. The molecule has 16 heavy (non-hydrogen) atoms. The van der Waals surface area contributed by atoms with Crippen molar-refractivity contribution in [2.45, 2.75) is 25.4 Å². The molecule has 0 spiro atoms. The van der Waals surface area contributed by atoms with E-state index in [-0.39, 0.29) is 0 Å². The molecule has 2 aliphatic heterocycles. The normalized spacial score (nSPS) is 26.1. The molecule has 0 bridgehead atoms. The van der Waals surface area contributed by atoms with Crippen LogP contribution in [0.4, 0.5) is 6.01 Å². The van der Waals surface area contributed by atoms with Gasteiger partial charge in [0.15, 0.2) is 0 Å². The molecular weight excluding hydrogens is 204 g/mol. The average Bonchev–Trinajstić information content (AvgIpc) is 2.96. The van der Waals surface area contributed by atoms with Crippen molar-refractivity contribution < 1.29 is 4.42 Å². The van der Waals surface area contributed by atoms with Crippen molar-refractivity contribution in [2.75, 3.05) is 31.1 Å².